The van der Waals surface area contributed by atoms with Gasteiger partial charge < -0.3 is 28.4 Å². The largest absolute Gasteiger partial charge is 0.328 e. The van der Waals surface area contributed by atoms with Gasteiger partial charge in [-0.1, -0.05) is 25.7 Å². The highest BCUT2D eigenvalue weighted by Crippen LogP contribution is 2.26. The molecule has 0 aliphatic rings. The number of hydrogen-bond acceptors (Lipinski definition) is 6. The van der Waals surface area contributed by atoms with Crippen LogP contribution in [0.25, 0.3) is 0 Å². The van der Waals surface area contributed by atoms with Gasteiger partial charge in [-0.05, 0) is 54.4 Å². The van der Waals surface area contributed by atoms with Crippen molar-refractivity contribution in [1.82, 2.24) is 0 Å². The van der Waals surface area contributed by atoms with Crippen molar-refractivity contribution in [2.45, 2.75) is 105 Å². The minimum absolute atomic E-state index is 0.585. The third kappa shape index (κ3) is 11.7. The lowest BCUT2D eigenvalue weighted by Crippen LogP contribution is -2.39. The Kier molecular flexibility index (Phi) is 17.5. The summed E-state index contributed by atoms with van der Waals surface area (Å²) in [5.41, 5.74) is 0. The van der Waals surface area contributed by atoms with Gasteiger partial charge in [0.25, 0.3) is 11.9 Å². The van der Waals surface area contributed by atoms with Crippen LogP contribution in [0.5, 0.6) is 0 Å². The maximum absolute atomic E-state index is 5.78. The van der Waals surface area contributed by atoms with E-state index in [-0.39, 0.29) is 0 Å². The van der Waals surface area contributed by atoms with Gasteiger partial charge in [0.05, 0.1) is 0 Å². The Bertz CT molecular complexity index is 271. The lowest BCUT2D eigenvalue weighted by atomic mass is 10.1. The van der Waals surface area contributed by atoms with E-state index in [0.29, 0.717) is 39.6 Å². The standard InChI is InChI=1S/C22H46O6/c1-7-23-21(24-8-2,25-9-3)19-17-15-13-14-16-18-20-22(26-10-4,27-11-5)28-12-6/h7-20H2,1-6H3. The summed E-state index contributed by atoms with van der Waals surface area (Å²) in [6.07, 6.45) is 8.25. The van der Waals surface area contributed by atoms with Crippen molar-refractivity contribution in [3.8, 4) is 0 Å². The van der Waals surface area contributed by atoms with Crippen molar-refractivity contribution >= 4 is 0 Å². The van der Waals surface area contributed by atoms with E-state index in [1.54, 1.807) is 0 Å². The molecule has 0 unspecified atom stereocenters. The van der Waals surface area contributed by atoms with Gasteiger partial charge >= 0.3 is 0 Å². The van der Waals surface area contributed by atoms with Crippen LogP contribution in [0.4, 0.5) is 0 Å². The minimum atomic E-state index is -0.871. The smallest absolute Gasteiger partial charge is 0.282 e. The predicted octanol–water partition coefficient (Wildman–Crippen LogP) is 5.63. The molecule has 0 atom stereocenters. The van der Waals surface area contributed by atoms with E-state index in [1.165, 1.54) is 12.8 Å². The highest BCUT2D eigenvalue weighted by Gasteiger charge is 2.32. The molecule has 0 aromatic heterocycles. The molecule has 0 radical (unpaired) electrons. The first-order chi connectivity index (χ1) is 13.6. The number of rotatable bonds is 21. The van der Waals surface area contributed by atoms with E-state index in [1.807, 2.05) is 41.5 Å². The maximum Gasteiger partial charge on any atom is 0.282 e. The molecular formula is C22H46O6. The van der Waals surface area contributed by atoms with Gasteiger partial charge in [0.2, 0.25) is 0 Å². The van der Waals surface area contributed by atoms with Gasteiger partial charge in [0.15, 0.2) is 0 Å². The Morgan fingerprint density at radius 1 is 0.357 bits per heavy atom. The molecule has 28 heavy (non-hydrogen) atoms. The topological polar surface area (TPSA) is 55.4 Å². The lowest BCUT2D eigenvalue weighted by Gasteiger charge is -2.32. The Balaban J connectivity index is 4.14. The maximum atomic E-state index is 5.78. The van der Waals surface area contributed by atoms with Crippen molar-refractivity contribution in [3.05, 3.63) is 0 Å². The average Bonchev–Trinajstić information content (AvgIpc) is 2.65. The molecule has 0 saturated heterocycles. The Hall–Kier alpha value is -0.240. The molecule has 0 spiro atoms. The average molecular weight is 407 g/mol. The zero-order valence-electron chi connectivity index (χ0n) is 19.3. The first kappa shape index (κ1) is 27.8. The summed E-state index contributed by atoms with van der Waals surface area (Å²) < 4.78 is 34.7. The summed E-state index contributed by atoms with van der Waals surface area (Å²) in [4.78, 5) is 0. The minimum Gasteiger partial charge on any atom is -0.328 e. The molecule has 0 saturated carbocycles. The van der Waals surface area contributed by atoms with Crippen molar-refractivity contribution in [1.29, 1.82) is 0 Å². The van der Waals surface area contributed by atoms with E-state index in [9.17, 15) is 0 Å². The van der Waals surface area contributed by atoms with E-state index >= 15 is 0 Å². The summed E-state index contributed by atoms with van der Waals surface area (Å²) in [6.45, 7) is 15.3. The first-order valence-corrected chi connectivity index (χ1v) is 11.4. The fraction of sp³-hybridized carbons (Fsp3) is 1.00. The van der Waals surface area contributed by atoms with Crippen LogP contribution in [-0.2, 0) is 28.4 Å². The monoisotopic (exact) mass is 406 g/mol. The molecule has 6 nitrogen and oxygen atoms in total. The normalized spacial score (nSPS) is 12.6. The Morgan fingerprint density at radius 3 is 0.786 bits per heavy atom. The molecule has 0 heterocycles. The fourth-order valence-electron chi connectivity index (χ4n) is 3.39. The summed E-state index contributed by atoms with van der Waals surface area (Å²) in [5, 5.41) is 0. The van der Waals surface area contributed by atoms with Crippen LogP contribution in [0, 0.1) is 0 Å². The molecule has 0 aromatic rings. The third-order valence-electron chi connectivity index (χ3n) is 4.40. The molecule has 0 fully saturated rings. The van der Waals surface area contributed by atoms with E-state index < -0.39 is 11.9 Å². The zero-order chi connectivity index (χ0) is 21.1. The zero-order valence-corrected chi connectivity index (χ0v) is 19.3. The second-order valence-electron chi connectivity index (χ2n) is 6.59. The molecule has 0 amide bonds. The van der Waals surface area contributed by atoms with Crippen molar-refractivity contribution in [3.63, 3.8) is 0 Å². The van der Waals surface area contributed by atoms with E-state index in [4.69, 9.17) is 28.4 Å². The number of unbranched alkanes of at least 4 members (excludes halogenated alkanes) is 5. The summed E-state index contributed by atoms with van der Waals surface area (Å²) >= 11 is 0. The highest BCUT2D eigenvalue weighted by atomic mass is 16.9. The van der Waals surface area contributed by atoms with Gasteiger partial charge in [0.1, 0.15) is 0 Å². The molecule has 0 aliphatic carbocycles. The van der Waals surface area contributed by atoms with Crippen molar-refractivity contribution in [2.75, 3.05) is 39.6 Å². The van der Waals surface area contributed by atoms with Crippen molar-refractivity contribution < 1.29 is 28.4 Å². The van der Waals surface area contributed by atoms with Crippen LogP contribution < -0.4 is 0 Å². The number of ether oxygens (including phenoxy) is 6. The van der Waals surface area contributed by atoms with Crippen LogP contribution in [0.3, 0.4) is 0 Å². The molecule has 0 aliphatic heterocycles. The molecule has 0 rings (SSSR count). The van der Waals surface area contributed by atoms with Gasteiger partial charge in [-0.3, -0.25) is 0 Å². The summed E-state index contributed by atoms with van der Waals surface area (Å²) in [5.74, 6) is -1.74. The quantitative estimate of drug-likeness (QED) is 0.182. The van der Waals surface area contributed by atoms with Crippen LogP contribution in [-0.4, -0.2) is 51.6 Å². The predicted molar refractivity (Wildman–Crippen MR) is 112 cm³/mol. The van der Waals surface area contributed by atoms with Crippen molar-refractivity contribution in [2.24, 2.45) is 0 Å². The van der Waals surface area contributed by atoms with Gasteiger partial charge in [-0.25, -0.2) is 0 Å². The molecule has 0 bridgehead atoms. The summed E-state index contributed by atoms with van der Waals surface area (Å²) in [7, 11) is 0. The molecule has 0 N–H and O–H groups in total. The second-order valence-corrected chi connectivity index (χ2v) is 6.59. The van der Waals surface area contributed by atoms with Gasteiger partial charge in [0, 0.05) is 52.5 Å². The van der Waals surface area contributed by atoms with Crippen LogP contribution in [0.2, 0.25) is 0 Å². The van der Waals surface area contributed by atoms with Gasteiger partial charge in [-0.2, -0.15) is 0 Å². The summed E-state index contributed by atoms with van der Waals surface area (Å²) in [6, 6.07) is 0. The van der Waals surface area contributed by atoms with Crippen LogP contribution >= 0.6 is 0 Å². The molecule has 0 aromatic carbocycles. The fourth-order valence-corrected chi connectivity index (χ4v) is 3.39. The Labute approximate surface area is 173 Å². The van der Waals surface area contributed by atoms with E-state index in [2.05, 4.69) is 0 Å². The molecular weight excluding hydrogens is 360 g/mol. The second kappa shape index (κ2) is 17.6. The SMILES string of the molecule is CCOC(CCCCCCCCC(OCC)(OCC)OCC)(OCC)OCC. The van der Waals surface area contributed by atoms with E-state index in [0.717, 1.165) is 38.5 Å². The van der Waals surface area contributed by atoms with Gasteiger partial charge in [-0.15, -0.1) is 0 Å². The third-order valence-corrected chi connectivity index (χ3v) is 4.40. The Morgan fingerprint density at radius 2 is 0.571 bits per heavy atom. The highest BCUT2D eigenvalue weighted by molar-refractivity contribution is 4.61. The lowest BCUT2D eigenvalue weighted by molar-refractivity contribution is -0.380. The van der Waals surface area contributed by atoms with Crippen LogP contribution in [0.15, 0.2) is 0 Å². The van der Waals surface area contributed by atoms with Crippen LogP contribution in [0.1, 0.15) is 92.9 Å². The molecule has 170 valence electrons. The number of hydrogen-bond donors (Lipinski definition) is 0. The molecule has 6 heteroatoms. The first-order valence-electron chi connectivity index (χ1n) is 11.4.